The monoisotopic (exact) mass is 1600 g/mol. The zero-order valence-electron chi connectivity index (χ0n) is 67.6. The number of ketones is 4. The van der Waals surface area contributed by atoms with Gasteiger partial charge in [-0.1, -0.05) is 169 Å². The Bertz CT molecular complexity index is 5150. The molecule has 2 saturated heterocycles. The number of hydrogen-bond acceptors (Lipinski definition) is 20. The Labute approximate surface area is 672 Å². The molecule has 4 fully saturated rings. The Morgan fingerprint density at radius 1 is 0.557 bits per heavy atom. The van der Waals surface area contributed by atoms with Crippen LogP contribution in [0.15, 0.2) is 166 Å². The zero-order chi connectivity index (χ0) is 81.6. The second-order valence-electron chi connectivity index (χ2n) is 35.3. The summed E-state index contributed by atoms with van der Waals surface area (Å²) in [6, 6.07) is 39.4. The summed E-state index contributed by atoms with van der Waals surface area (Å²) in [4.78, 5) is 66.6. The van der Waals surface area contributed by atoms with Gasteiger partial charge >= 0.3 is 0 Å². The molecule has 4 heterocycles. The fourth-order valence-corrected chi connectivity index (χ4v) is 21.1. The van der Waals surface area contributed by atoms with E-state index >= 15 is 28.0 Å². The van der Waals surface area contributed by atoms with E-state index in [4.69, 9.17) is 42.6 Å². The lowest BCUT2D eigenvalue weighted by Crippen LogP contribution is -2.68. The number of likely N-dealkylation sites (tertiary alicyclic amines) is 2. The fraction of sp³-hybridized carbons (Fsp3) is 0.429. The molecule has 2 saturated carbocycles. The lowest BCUT2D eigenvalue weighted by Gasteiger charge is -2.54. The number of ether oxygens (including phenoxy) is 4. The number of nitrogens with two attached hydrogens (primary N) is 1. The minimum atomic E-state index is -2.97. The van der Waals surface area contributed by atoms with Crippen molar-refractivity contribution in [3.05, 3.63) is 247 Å². The number of benzene rings is 6. The molecular weight excluding hydrogens is 1500 g/mol. The highest BCUT2D eigenvalue weighted by Gasteiger charge is 2.71. The molecule has 604 valence electrons. The lowest BCUT2D eigenvalue weighted by atomic mass is 9.57. The molecule has 5 N–H and O–H groups in total. The average Bonchev–Trinajstić information content (AvgIpc) is 1.65. The van der Waals surface area contributed by atoms with Crippen molar-refractivity contribution in [2.45, 2.75) is 191 Å². The van der Waals surface area contributed by atoms with Gasteiger partial charge in [-0.05, 0) is 171 Å². The first-order valence-corrected chi connectivity index (χ1v) is 46.0. The van der Waals surface area contributed by atoms with Crippen molar-refractivity contribution in [2.75, 3.05) is 33.7 Å². The van der Waals surface area contributed by atoms with Crippen molar-refractivity contribution >= 4 is 51.3 Å². The summed E-state index contributed by atoms with van der Waals surface area (Å²) in [6.45, 7) is 26.6. The van der Waals surface area contributed by atoms with Crippen LogP contribution in [0.1, 0.15) is 192 Å². The van der Waals surface area contributed by atoms with Gasteiger partial charge < -0.3 is 58.1 Å². The van der Waals surface area contributed by atoms with Gasteiger partial charge in [0, 0.05) is 63.9 Å². The minimum absolute atomic E-state index is 0.0226. The predicted octanol–water partition coefficient (Wildman–Crippen LogP) is 17.7. The van der Waals surface area contributed by atoms with Crippen LogP contribution in [0.4, 0.5) is 8.78 Å². The maximum atomic E-state index is 17.2. The molecule has 8 aromatic rings. The Morgan fingerprint density at radius 3 is 1.30 bits per heavy atom. The van der Waals surface area contributed by atoms with E-state index in [1.165, 1.54) is 0 Å². The smallest absolute Gasteiger partial charge is 0.265 e. The van der Waals surface area contributed by atoms with Gasteiger partial charge in [-0.15, -0.1) is 6.58 Å². The number of carbonyl (C=O) groups is 4. The van der Waals surface area contributed by atoms with Gasteiger partial charge in [-0.3, -0.25) is 29.0 Å². The number of hydrogen-bond donors (Lipinski definition) is 4. The Balaban J connectivity index is 0.000000181. The summed E-state index contributed by atoms with van der Waals surface area (Å²) < 4.78 is 85.5. The van der Waals surface area contributed by atoms with Crippen molar-refractivity contribution in [1.82, 2.24) is 25.4 Å². The molecule has 115 heavy (non-hydrogen) atoms. The van der Waals surface area contributed by atoms with Gasteiger partial charge in [-0.2, -0.15) is 0 Å². The highest BCUT2D eigenvalue weighted by Crippen LogP contribution is 2.62. The molecule has 0 bridgehead atoms. The highest BCUT2D eigenvalue weighted by atomic mass is 28.4. The van der Waals surface area contributed by atoms with Crippen molar-refractivity contribution in [1.29, 1.82) is 0 Å². The van der Waals surface area contributed by atoms with Crippen LogP contribution in [-0.2, 0) is 57.7 Å². The van der Waals surface area contributed by atoms with Gasteiger partial charge in [0.1, 0.15) is 72.2 Å². The van der Waals surface area contributed by atoms with Crippen LogP contribution < -0.4 is 30.0 Å². The van der Waals surface area contributed by atoms with E-state index in [2.05, 4.69) is 32.0 Å². The number of fused-ring (bicyclic) bond motifs is 8. The first-order valence-electron chi connectivity index (χ1n) is 40.1. The van der Waals surface area contributed by atoms with Crippen LogP contribution in [0.2, 0.25) is 36.3 Å². The van der Waals surface area contributed by atoms with E-state index in [9.17, 15) is 10.2 Å². The standard InChI is InChI=1S/C47H54FN3O7Si.C44H50FN3O7Si/c1-8-21-49-40-33-24-30-23-32-37(35(55-26-28-16-11-9-12-17-28)25-31(39(32)48)34-20-15-22-51(34)5)41(52)36(30)43(53)47(33,58-59(6,7)46(2,3)4)44(54)38-42(40)57-50-45(38)56-27-29-18-13-10-14-19-29;1-43(2,3)56(5,6)55-44-30(37(46)39-35(41(44)51)42(47-54-39)53-24-26-16-11-8-12-17-26)21-27-20-29-34(38(49)33(27)40(44)50)32(52-23-25-14-9-7-10-15-25)22-28(36(29)45)31-18-13-19-48(31)4/h8-14,16-19,25,30,33-34,40,49,52H,1,15,20-24,26-27H2,2-7H3;7-12,14-17,22,27,30-31,37,49H,13,18-21,23-24,46H2,1-6H3/t30-,33-,34?,40-,47-;27-,30-,31?,37-,44-/m00/s1. The molecule has 6 aliphatic carbocycles. The highest BCUT2D eigenvalue weighted by molar-refractivity contribution is 6.75. The molecule has 0 amide bonds. The molecule has 20 nitrogen and oxygen atoms in total. The summed E-state index contributed by atoms with van der Waals surface area (Å²) in [5.41, 5.74) is 8.24. The van der Waals surface area contributed by atoms with Gasteiger partial charge in [-0.25, -0.2) is 8.78 Å². The number of nitrogens with zero attached hydrogens (tertiary/aromatic N) is 4. The topological polar surface area (TPSA) is 261 Å². The van der Waals surface area contributed by atoms with Gasteiger partial charge in [0.15, 0.2) is 39.4 Å². The Morgan fingerprint density at radius 2 is 0.922 bits per heavy atom. The minimum Gasteiger partial charge on any atom is -0.507 e. The lowest BCUT2D eigenvalue weighted by molar-refractivity contribution is -0.139. The summed E-state index contributed by atoms with van der Waals surface area (Å²) in [5.74, 6) is -6.42. The number of Topliss-reactive ketones (excluding diaryl/α,β-unsaturated/α-hetero) is 4. The second kappa shape index (κ2) is 31.2. The number of nitrogens with one attached hydrogen (secondary N) is 1. The van der Waals surface area contributed by atoms with Crippen molar-refractivity contribution in [2.24, 2.45) is 29.4 Å². The van der Waals surface area contributed by atoms with Crippen LogP contribution in [0.3, 0.4) is 0 Å². The third-order valence-corrected chi connectivity index (χ3v) is 35.1. The zero-order valence-corrected chi connectivity index (χ0v) is 69.6. The van der Waals surface area contributed by atoms with Crippen molar-refractivity contribution in [3.63, 3.8) is 0 Å². The molecule has 24 heteroatoms. The van der Waals surface area contributed by atoms with E-state index in [0.717, 1.165) is 61.0 Å². The number of halogens is 2. The van der Waals surface area contributed by atoms with E-state index in [1.54, 1.807) is 18.2 Å². The number of rotatable bonds is 21. The van der Waals surface area contributed by atoms with Crippen LogP contribution in [0.25, 0.3) is 11.5 Å². The molecular formula is C91H104F2N6O14Si2. The Hall–Kier alpha value is -9.51. The van der Waals surface area contributed by atoms with Crippen molar-refractivity contribution in [3.8, 4) is 23.3 Å². The second-order valence-corrected chi connectivity index (χ2v) is 44.8. The van der Waals surface area contributed by atoms with E-state index in [1.807, 2.05) is 203 Å². The maximum Gasteiger partial charge on any atom is 0.265 e. The average molecular weight is 1600 g/mol. The van der Waals surface area contributed by atoms with E-state index in [-0.39, 0.29) is 144 Å². The SMILES string of the molecule is C=CCN[C@@H]1c2onc(OCc3ccccc3)c2C(=O)[C@@]2(O[Si](C)(C)C(C)(C)C)C(=O)C3=C(O)c4c(OCc5ccccc5)cc(C5CCCN5C)c(F)c4C[C@H]3C[C@@H]12.CN1CCCC1c1cc(OCc2ccccc2)c2c(c1F)C[C@H]1C[C@H]3[C@H](N)c4onc(OCc5ccccc5)c4C(=O)[C@@]3(O[Si](C)(C)C(C)(C)C)C(=O)C1=C2O. The molecule has 10 atom stereocenters. The number of aromatic nitrogens is 2. The summed E-state index contributed by atoms with van der Waals surface area (Å²) >= 11 is 0. The molecule has 2 unspecified atom stereocenters. The molecule has 2 aliphatic heterocycles. The Kier molecular flexibility index (Phi) is 21.9. The fourth-order valence-electron chi connectivity index (χ4n) is 18.2. The predicted molar refractivity (Wildman–Crippen MR) is 436 cm³/mol. The number of aliphatic hydroxyl groups is 2. The summed E-state index contributed by atoms with van der Waals surface area (Å²) in [6.07, 6.45) is 5.68. The van der Waals surface area contributed by atoms with E-state index in [0.29, 0.717) is 23.2 Å². The number of aliphatic hydroxyl groups excluding tert-OH is 2. The van der Waals surface area contributed by atoms with Crippen LogP contribution >= 0.6 is 0 Å². The van der Waals surface area contributed by atoms with Crippen molar-refractivity contribution < 1.29 is 75.0 Å². The molecule has 16 rings (SSSR count). The third-order valence-electron chi connectivity index (χ3n) is 26.2. The molecule has 2 aromatic heterocycles. The molecule has 6 aromatic carbocycles. The number of carbonyl (C=O) groups excluding carboxylic acids is 4. The normalized spacial score (nSPS) is 24.7. The summed E-state index contributed by atoms with van der Waals surface area (Å²) in [7, 11) is -1.94. The first-order chi connectivity index (χ1) is 54.8. The first kappa shape index (κ1) is 80.7. The summed E-state index contributed by atoms with van der Waals surface area (Å²) in [5, 5.41) is 36.1. The van der Waals surface area contributed by atoms with E-state index < -0.39 is 114 Å². The maximum absolute atomic E-state index is 17.2. The van der Waals surface area contributed by atoms with Crippen LogP contribution in [-0.4, -0.2) is 115 Å². The molecule has 8 aliphatic rings. The van der Waals surface area contributed by atoms with Crippen LogP contribution in [0, 0.1) is 35.3 Å². The molecule has 0 spiro atoms. The van der Waals surface area contributed by atoms with Gasteiger partial charge in [0.2, 0.25) is 23.1 Å². The van der Waals surface area contributed by atoms with Crippen LogP contribution in [0.5, 0.6) is 23.3 Å². The molecule has 0 radical (unpaired) electrons. The van der Waals surface area contributed by atoms with Gasteiger partial charge in [0.05, 0.1) is 23.2 Å². The largest absolute Gasteiger partial charge is 0.507 e. The third kappa shape index (κ3) is 14.2. The van der Waals surface area contributed by atoms with Gasteiger partial charge in [0.25, 0.3) is 11.8 Å². The quantitative estimate of drug-likeness (QED) is 0.0296.